The number of likely N-dealkylation sites (tertiary alicyclic amines) is 1. The van der Waals surface area contributed by atoms with Gasteiger partial charge in [0.2, 0.25) is 0 Å². The summed E-state index contributed by atoms with van der Waals surface area (Å²) in [5.41, 5.74) is 1.36. The van der Waals surface area contributed by atoms with Crippen LogP contribution in [-0.2, 0) is 11.3 Å². The van der Waals surface area contributed by atoms with E-state index < -0.39 is 0 Å². The quantitative estimate of drug-likeness (QED) is 0.817. The SMILES string of the molecule is Clc1ccc(CN2CCC(CNCC3CO3)CC2)cc1. The van der Waals surface area contributed by atoms with E-state index in [1.807, 2.05) is 12.1 Å². The summed E-state index contributed by atoms with van der Waals surface area (Å²) in [5.74, 6) is 0.829. The smallest absolute Gasteiger partial charge is 0.0933 e. The number of nitrogens with zero attached hydrogens (tertiary/aromatic N) is 1. The van der Waals surface area contributed by atoms with Gasteiger partial charge in [0, 0.05) is 18.1 Å². The molecule has 0 amide bonds. The number of hydrogen-bond acceptors (Lipinski definition) is 3. The Bertz CT molecular complexity index is 411. The Morgan fingerprint density at radius 3 is 2.50 bits per heavy atom. The van der Waals surface area contributed by atoms with Crippen LogP contribution in [0.2, 0.25) is 5.02 Å². The van der Waals surface area contributed by atoms with Crippen molar-refractivity contribution in [3.63, 3.8) is 0 Å². The van der Waals surface area contributed by atoms with Crippen molar-refractivity contribution < 1.29 is 4.74 Å². The Labute approximate surface area is 126 Å². The van der Waals surface area contributed by atoms with Crippen molar-refractivity contribution in [2.45, 2.75) is 25.5 Å². The third kappa shape index (κ3) is 4.45. The van der Waals surface area contributed by atoms with Gasteiger partial charge in [-0.25, -0.2) is 0 Å². The lowest BCUT2D eigenvalue weighted by atomic mass is 9.96. The van der Waals surface area contributed by atoms with E-state index in [1.54, 1.807) is 0 Å². The number of rotatable bonds is 6. The van der Waals surface area contributed by atoms with Crippen LogP contribution in [-0.4, -0.2) is 43.8 Å². The number of halogens is 1. The van der Waals surface area contributed by atoms with Crippen LogP contribution in [0.1, 0.15) is 18.4 Å². The molecule has 2 saturated heterocycles. The van der Waals surface area contributed by atoms with Gasteiger partial charge in [-0.3, -0.25) is 4.90 Å². The van der Waals surface area contributed by atoms with E-state index in [0.717, 1.165) is 37.2 Å². The Kier molecular flexibility index (Phi) is 4.94. The standard InChI is InChI=1S/C16H23ClN2O/c17-15-3-1-14(2-4-15)11-19-7-5-13(6-8-19)9-18-10-16-12-20-16/h1-4,13,16,18H,5-12H2. The molecule has 110 valence electrons. The number of nitrogens with one attached hydrogen (secondary N) is 1. The van der Waals surface area contributed by atoms with Crippen LogP contribution in [0.5, 0.6) is 0 Å². The van der Waals surface area contributed by atoms with Gasteiger partial charge in [-0.1, -0.05) is 23.7 Å². The molecular formula is C16H23ClN2O. The van der Waals surface area contributed by atoms with Crippen LogP contribution in [0.25, 0.3) is 0 Å². The van der Waals surface area contributed by atoms with Crippen molar-refractivity contribution in [3.8, 4) is 0 Å². The normalized spacial score (nSPS) is 23.9. The zero-order chi connectivity index (χ0) is 13.8. The predicted octanol–water partition coefficient (Wildman–Crippen LogP) is 2.54. The highest BCUT2D eigenvalue weighted by Gasteiger charge is 2.23. The average Bonchev–Trinajstić information content (AvgIpc) is 3.28. The van der Waals surface area contributed by atoms with Crippen molar-refractivity contribution in [3.05, 3.63) is 34.9 Å². The second-order valence-electron chi connectivity index (χ2n) is 5.96. The molecule has 0 spiro atoms. The molecule has 1 aromatic rings. The number of benzene rings is 1. The Morgan fingerprint density at radius 2 is 1.85 bits per heavy atom. The highest BCUT2D eigenvalue weighted by molar-refractivity contribution is 6.30. The summed E-state index contributed by atoms with van der Waals surface area (Å²) in [6, 6.07) is 8.22. The van der Waals surface area contributed by atoms with E-state index in [-0.39, 0.29) is 0 Å². The van der Waals surface area contributed by atoms with Crippen LogP contribution < -0.4 is 5.32 Å². The minimum absolute atomic E-state index is 0.500. The maximum Gasteiger partial charge on any atom is 0.0933 e. The van der Waals surface area contributed by atoms with Gasteiger partial charge in [0.05, 0.1) is 12.7 Å². The summed E-state index contributed by atoms with van der Waals surface area (Å²) in [7, 11) is 0. The molecule has 0 aromatic heterocycles. The Balaban J connectivity index is 1.35. The highest BCUT2D eigenvalue weighted by Crippen LogP contribution is 2.19. The molecule has 2 aliphatic rings. The first-order valence-corrected chi connectivity index (χ1v) is 7.96. The molecule has 1 unspecified atom stereocenters. The largest absolute Gasteiger partial charge is 0.372 e. The second kappa shape index (κ2) is 6.90. The zero-order valence-corrected chi connectivity index (χ0v) is 12.6. The third-order valence-corrected chi connectivity index (χ3v) is 4.49. The molecule has 2 aliphatic heterocycles. The van der Waals surface area contributed by atoms with Crippen molar-refractivity contribution in [2.24, 2.45) is 5.92 Å². The first kappa shape index (κ1) is 14.3. The van der Waals surface area contributed by atoms with E-state index >= 15 is 0 Å². The van der Waals surface area contributed by atoms with Crippen LogP contribution in [0, 0.1) is 5.92 Å². The van der Waals surface area contributed by atoms with Gasteiger partial charge in [-0.05, 0) is 56.1 Å². The molecular weight excluding hydrogens is 272 g/mol. The van der Waals surface area contributed by atoms with Crippen molar-refractivity contribution in [1.29, 1.82) is 0 Å². The fourth-order valence-corrected chi connectivity index (χ4v) is 2.96. The molecule has 0 saturated carbocycles. The maximum atomic E-state index is 5.92. The predicted molar refractivity (Wildman–Crippen MR) is 82.1 cm³/mol. The van der Waals surface area contributed by atoms with Crippen molar-refractivity contribution >= 4 is 11.6 Å². The molecule has 2 fully saturated rings. The molecule has 3 rings (SSSR count). The first-order chi connectivity index (χ1) is 9.79. The van der Waals surface area contributed by atoms with E-state index in [4.69, 9.17) is 16.3 Å². The summed E-state index contributed by atoms with van der Waals surface area (Å²) in [6.07, 6.45) is 3.10. The topological polar surface area (TPSA) is 27.8 Å². The van der Waals surface area contributed by atoms with Gasteiger partial charge < -0.3 is 10.1 Å². The van der Waals surface area contributed by atoms with Crippen molar-refractivity contribution in [2.75, 3.05) is 32.8 Å². The number of hydrogen-bond donors (Lipinski definition) is 1. The molecule has 1 aromatic carbocycles. The number of epoxide rings is 1. The molecule has 2 heterocycles. The average molecular weight is 295 g/mol. The van der Waals surface area contributed by atoms with Gasteiger partial charge in [-0.2, -0.15) is 0 Å². The van der Waals surface area contributed by atoms with Crippen LogP contribution in [0.3, 0.4) is 0 Å². The monoisotopic (exact) mass is 294 g/mol. The molecule has 3 nitrogen and oxygen atoms in total. The van der Waals surface area contributed by atoms with Crippen molar-refractivity contribution in [1.82, 2.24) is 10.2 Å². The molecule has 1 N–H and O–H groups in total. The van der Waals surface area contributed by atoms with Gasteiger partial charge in [0.1, 0.15) is 0 Å². The van der Waals surface area contributed by atoms with Crippen LogP contribution in [0.15, 0.2) is 24.3 Å². The van der Waals surface area contributed by atoms with E-state index in [1.165, 1.54) is 31.5 Å². The fourth-order valence-electron chi connectivity index (χ4n) is 2.83. The molecule has 0 bridgehead atoms. The second-order valence-corrected chi connectivity index (χ2v) is 6.40. The fraction of sp³-hybridized carbons (Fsp3) is 0.625. The highest BCUT2D eigenvalue weighted by atomic mass is 35.5. The van der Waals surface area contributed by atoms with E-state index in [9.17, 15) is 0 Å². The lowest BCUT2D eigenvalue weighted by Crippen LogP contribution is -2.37. The van der Waals surface area contributed by atoms with Gasteiger partial charge in [-0.15, -0.1) is 0 Å². The number of piperidine rings is 1. The summed E-state index contributed by atoms with van der Waals surface area (Å²) < 4.78 is 5.21. The molecule has 20 heavy (non-hydrogen) atoms. The Hall–Kier alpha value is -0.610. The summed E-state index contributed by atoms with van der Waals surface area (Å²) in [5, 5.41) is 4.35. The maximum absolute atomic E-state index is 5.92. The zero-order valence-electron chi connectivity index (χ0n) is 11.9. The summed E-state index contributed by atoms with van der Waals surface area (Å²) in [4.78, 5) is 2.55. The van der Waals surface area contributed by atoms with Gasteiger partial charge >= 0.3 is 0 Å². The number of ether oxygens (including phenoxy) is 1. The minimum atomic E-state index is 0.500. The lowest BCUT2D eigenvalue weighted by molar-refractivity contribution is 0.175. The van der Waals surface area contributed by atoms with E-state index in [2.05, 4.69) is 22.3 Å². The summed E-state index contributed by atoms with van der Waals surface area (Å²) in [6.45, 7) is 6.59. The third-order valence-electron chi connectivity index (χ3n) is 4.23. The van der Waals surface area contributed by atoms with Gasteiger partial charge in [0.15, 0.2) is 0 Å². The van der Waals surface area contributed by atoms with Crippen LogP contribution >= 0.6 is 11.6 Å². The minimum Gasteiger partial charge on any atom is -0.372 e. The molecule has 1 atom stereocenters. The first-order valence-electron chi connectivity index (χ1n) is 7.59. The van der Waals surface area contributed by atoms with Gasteiger partial charge in [0.25, 0.3) is 0 Å². The van der Waals surface area contributed by atoms with E-state index in [0.29, 0.717) is 6.10 Å². The summed E-state index contributed by atoms with van der Waals surface area (Å²) >= 11 is 5.92. The Morgan fingerprint density at radius 1 is 1.15 bits per heavy atom. The molecule has 0 radical (unpaired) electrons. The molecule has 0 aliphatic carbocycles. The van der Waals surface area contributed by atoms with Crippen LogP contribution in [0.4, 0.5) is 0 Å². The molecule has 4 heteroatoms. The lowest BCUT2D eigenvalue weighted by Gasteiger charge is -2.32.